The molecule has 5 unspecified atom stereocenters. The number of nitrogens with one attached hydrogen (secondary N) is 1. The average molecular weight is 261 g/mol. The van der Waals surface area contributed by atoms with Gasteiger partial charge in [0.25, 0.3) is 0 Å². The van der Waals surface area contributed by atoms with Crippen molar-refractivity contribution in [1.82, 2.24) is 14.9 Å². The molecule has 0 aliphatic heterocycles. The molecule has 1 aromatic rings. The topological polar surface area (TPSA) is 29.9 Å². The predicted octanol–water partition coefficient (Wildman–Crippen LogP) is 3.39. The van der Waals surface area contributed by atoms with Crippen LogP contribution in [0.15, 0.2) is 18.7 Å². The number of imidazole rings is 1. The van der Waals surface area contributed by atoms with E-state index in [1.807, 2.05) is 12.5 Å². The monoisotopic (exact) mass is 261 g/mol. The van der Waals surface area contributed by atoms with Gasteiger partial charge in [0.15, 0.2) is 0 Å². The minimum atomic E-state index is 0.622. The van der Waals surface area contributed by atoms with Crippen LogP contribution in [-0.4, -0.2) is 21.6 Å². The summed E-state index contributed by atoms with van der Waals surface area (Å²) < 4.78 is 2.31. The molecule has 3 heteroatoms. The molecule has 0 aromatic carbocycles. The normalized spacial score (nSPS) is 39.6. The third-order valence-electron chi connectivity index (χ3n) is 5.44. The Bertz CT molecular complexity index is 387. The highest BCUT2D eigenvalue weighted by atomic mass is 15.1. The molecule has 19 heavy (non-hydrogen) atoms. The van der Waals surface area contributed by atoms with Crippen LogP contribution in [0.1, 0.15) is 58.4 Å². The second-order valence-electron chi connectivity index (χ2n) is 6.75. The predicted molar refractivity (Wildman–Crippen MR) is 78.0 cm³/mol. The molecule has 2 saturated carbocycles. The van der Waals surface area contributed by atoms with Gasteiger partial charge in [0.05, 0.1) is 6.33 Å². The first-order valence-electron chi connectivity index (χ1n) is 7.97. The van der Waals surface area contributed by atoms with Crippen LogP contribution < -0.4 is 5.32 Å². The molecular formula is C16H27N3. The lowest BCUT2D eigenvalue weighted by atomic mass is 9.79. The van der Waals surface area contributed by atoms with E-state index >= 15 is 0 Å². The van der Waals surface area contributed by atoms with Gasteiger partial charge in [-0.2, -0.15) is 0 Å². The van der Waals surface area contributed by atoms with Gasteiger partial charge in [-0.15, -0.1) is 0 Å². The van der Waals surface area contributed by atoms with Gasteiger partial charge < -0.3 is 9.88 Å². The standard InChI is InChI=1S/C16H27N3/c1-12-6-7-14(10-13(12)2)18-15-4-3-5-16(15)19-9-8-17-11-19/h8-9,11-16,18H,3-7,10H2,1-2H3. The number of rotatable bonds is 3. The lowest BCUT2D eigenvalue weighted by Gasteiger charge is -2.35. The summed E-state index contributed by atoms with van der Waals surface area (Å²) in [5.41, 5.74) is 0. The molecule has 5 atom stereocenters. The lowest BCUT2D eigenvalue weighted by Crippen LogP contribution is -2.44. The molecule has 1 aromatic heterocycles. The maximum absolute atomic E-state index is 4.21. The first-order valence-corrected chi connectivity index (χ1v) is 7.97. The molecule has 3 nitrogen and oxygen atoms in total. The Morgan fingerprint density at radius 2 is 2.00 bits per heavy atom. The van der Waals surface area contributed by atoms with Crippen molar-refractivity contribution >= 4 is 0 Å². The first kappa shape index (κ1) is 13.2. The van der Waals surface area contributed by atoms with Gasteiger partial charge in [-0.1, -0.05) is 13.8 Å². The van der Waals surface area contributed by atoms with Crippen molar-refractivity contribution in [2.45, 2.75) is 70.5 Å². The fourth-order valence-corrected chi connectivity index (χ4v) is 3.96. The minimum Gasteiger partial charge on any atom is -0.333 e. The summed E-state index contributed by atoms with van der Waals surface area (Å²) in [6, 6.07) is 2.01. The maximum Gasteiger partial charge on any atom is 0.0949 e. The lowest BCUT2D eigenvalue weighted by molar-refractivity contribution is 0.205. The first-order chi connectivity index (χ1) is 9.24. The molecule has 0 spiro atoms. The van der Waals surface area contributed by atoms with Crippen LogP contribution in [0, 0.1) is 11.8 Å². The number of hydrogen-bond acceptors (Lipinski definition) is 2. The molecular weight excluding hydrogens is 234 g/mol. The maximum atomic E-state index is 4.21. The van der Waals surface area contributed by atoms with Crippen LogP contribution in [0.4, 0.5) is 0 Å². The Kier molecular flexibility index (Phi) is 3.92. The van der Waals surface area contributed by atoms with E-state index in [0.717, 1.165) is 17.9 Å². The fourth-order valence-electron chi connectivity index (χ4n) is 3.96. The molecule has 2 aliphatic rings. The third kappa shape index (κ3) is 2.86. The van der Waals surface area contributed by atoms with Crippen LogP contribution in [0.2, 0.25) is 0 Å². The van der Waals surface area contributed by atoms with Gasteiger partial charge in [0.1, 0.15) is 0 Å². The van der Waals surface area contributed by atoms with Crippen LogP contribution in [0.3, 0.4) is 0 Å². The van der Waals surface area contributed by atoms with Crippen molar-refractivity contribution < 1.29 is 0 Å². The van der Waals surface area contributed by atoms with E-state index in [4.69, 9.17) is 0 Å². The smallest absolute Gasteiger partial charge is 0.0949 e. The van der Waals surface area contributed by atoms with Gasteiger partial charge in [0.2, 0.25) is 0 Å². The third-order valence-corrected chi connectivity index (χ3v) is 5.44. The Labute approximate surface area is 116 Å². The van der Waals surface area contributed by atoms with Crippen molar-refractivity contribution in [1.29, 1.82) is 0 Å². The van der Waals surface area contributed by atoms with E-state index in [-0.39, 0.29) is 0 Å². The zero-order valence-corrected chi connectivity index (χ0v) is 12.3. The SMILES string of the molecule is CC1CCC(NC2CCCC2n2ccnc2)CC1C. The van der Waals surface area contributed by atoms with Crippen molar-refractivity contribution in [3.63, 3.8) is 0 Å². The molecule has 0 radical (unpaired) electrons. The van der Waals surface area contributed by atoms with E-state index in [0.29, 0.717) is 12.1 Å². The highest BCUT2D eigenvalue weighted by molar-refractivity contribution is 4.94. The van der Waals surface area contributed by atoms with E-state index in [1.54, 1.807) is 0 Å². The summed E-state index contributed by atoms with van der Waals surface area (Å²) in [4.78, 5) is 4.21. The van der Waals surface area contributed by atoms with Gasteiger partial charge >= 0.3 is 0 Å². The molecule has 1 heterocycles. The van der Waals surface area contributed by atoms with Gasteiger partial charge in [-0.25, -0.2) is 4.98 Å². The number of nitrogens with zero attached hydrogens (tertiary/aromatic N) is 2. The van der Waals surface area contributed by atoms with Crippen LogP contribution >= 0.6 is 0 Å². The van der Waals surface area contributed by atoms with E-state index in [1.165, 1.54) is 38.5 Å². The molecule has 2 aliphatic carbocycles. The zero-order chi connectivity index (χ0) is 13.2. The molecule has 106 valence electrons. The molecule has 0 amide bonds. The van der Waals surface area contributed by atoms with Crippen LogP contribution in [0.25, 0.3) is 0 Å². The second-order valence-corrected chi connectivity index (χ2v) is 6.75. The average Bonchev–Trinajstić information content (AvgIpc) is 3.04. The highest BCUT2D eigenvalue weighted by Crippen LogP contribution is 2.34. The van der Waals surface area contributed by atoms with Crippen molar-refractivity contribution in [3.05, 3.63) is 18.7 Å². The highest BCUT2D eigenvalue weighted by Gasteiger charge is 2.32. The van der Waals surface area contributed by atoms with Crippen molar-refractivity contribution in [3.8, 4) is 0 Å². The fraction of sp³-hybridized carbons (Fsp3) is 0.812. The molecule has 0 bridgehead atoms. The Balaban J connectivity index is 1.60. The van der Waals surface area contributed by atoms with E-state index < -0.39 is 0 Å². The second kappa shape index (κ2) is 5.66. The summed E-state index contributed by atoms with van der Waals surface area (Å²) in [6.07, 6.45) is 14.1. The summed E-state index contributed by atoms with van der Waals surface area (Å²) >= 11 is 0. The van der Waals surface area contributed by atoms with Crippen molar-refractivity contribution in [2.24, 2.45) is 11.8 Å². The summed E-state index contributed by atoms with van der Waals surface area (Å²) in [5, 5.41) is 3.96. The van der Waals surface area contributed by atoms with Gasteiger partial charge in [-0.3, -0.25) is 0 Å². The number of aromatic nitrogens is 2. The molecule has 3 rings (SSSR count). The summed E-state index contributed by atoms with van der Waals surface area (Å²) in [6.45, 7) is 4.82. The summed E-state index contributed by atoms with van der Waals surface area (Å²) in [7, 11) is 0. The van der Waals surface area contributed by atoms with Crippen LogP contribution in [-0.2, 0) is 0 Å². The van der Waals surface area contributed by atoms with E-state index in [2.05, 4.69) is 34.9 Å². The Hall–Kier alpha value is -0.830. The van der Waals surface area contributed by atoms with E-state index in [9.17, 15) is 0 Å². The Morgan fingerprint density at radius 1 is 1.11 bits per heavy atom. The van der Waals surface area contributed by atoms with Gasteiger partial charge in [-0.05, 0) is 50.4 Å². The quantitative estimate of drug-likeness (QED) is 0.904. The van der Waals surface area contributed by atoms with Gasteiger partial charge in [0, 0.05) is 30.5 Å². The molecule has 1 N–H and O–H groups in total. The Morgan fingerprint density at radius 3 is 2.74 bits per heavy atom. The zero-order valence-electron chi connectivity index (χ0n) is 12.3. The number of hydrogen-bond donors (Lipinski definition) is 1. The largest absolute Gasteiger partial charge is 0.333 e. The van der Waals surface area contributed by atoms with Crippen LogP contribution in [0.5, 0.6) is 0 Å². The van der Waals surface area contributed by atoms with Crippen molar-refractivity contribution in [2.75, 3.05) is 0 Å². The molecule has 0 saturated heterocycles. The summed E-state index contributed by atoms with van der Waals surface area (Å²) in [5.74, 6) is 1.78. The molecule has 2 fully saturated rings. The minimum absolute atomic E-state index is 0.622.